The molecule has 0 aliphatic carbocycles. The second-order valence-electron chi connectivity index (χ2n) is 4.40. The Labute approximate surface area is 114 Å². The number of sulfone groups is 1. The monoisotopic (exact) mass is 282 g/mol. The fourth-order valence-electron chi connectivity index (χ4n) is 1.61. The highest BCUT2D eigenvalue weighted by Gasteiger charge is 2.22. The molecule has 0 saturated heterocycles. The standard InChI is InChI=1S/C14H18O4S/c1-10-5-7-13(8-6-10)19(16,17)12(3)9-11(2)14(15)18-4/h5-9,12H,1-4H3/b11-9+. The predicted molar refractivity (Wildman–Crippen MR) is 73.6 cm³/mol. The molecule has 19 heavy (non-hydrogen) atoms. The van der Waals surface area contributed by atoms with Crippen molar-refractivity contribution in [1.82, 2.24) is 0 Å². The summed E-state index contributed by atoms with van der Waals surface area (Å²) in [7, 11) is -2.21. The summed E-state index contributed by atoms with van der Waals surface area (Å²) in [6, 6.07) is 6.64. The highest BCUT2D eigenvalue weighted by atomic mass is 32.2. The maximum atomic E-state index is 12.3. The Morgan fingerprint density at radius 1 is 1.26 bits per heavy atom. The number of rotatable bonds is 4. The SMILES string of the molecule is COC(=O)/C(C)=C/C(C)S(=O)(=O)c1ccc(C)cc1. The summed E-state index contributed by atoms with van der Waals surface area (Å²) in [6.45, 7) is 4.97. The molecule has 1 unspecified atom stereocenters. The van der Waals surface area contributed by atoms with Gasteiger partial charge in [0.05, 0.1) is 17.3 Å². The van der Waals surface area contributed by atoms with Gasteiger partial charge in [0, 0.05) is 5.57 Å². The zero-order valence-corrected chi connectivity index (χ0v) is 12.3. The van der Waals surface area contributed by atoms with Gasteiger partial charge in [-0.05, 0) is 32.9 Å². The molecule has 0 spiro atoms. The number of methoxy groups -OCH3 is 1. The summed E-state index contributed by atoms with van der Waals surface area (Å²) in [6.07, 6.45) is 1.40. The van der Waals surface area contributed by atoms with Crippen LogP contribution in [0.4, 0.5) is 0 Å². The van der Waals surface area contributed by atoms with Gasteiger partial charge in [0.25, 0.3) is 0 Å². The maximum absolute atomic E-state index is 12.3. The number of benzene rings is 1. The van der Waals surface area contributed by atoms with Crippen molar-refractivity contribution in [3.05, 3.63) is 41.5 Å². The van der Waals surface area contributed by atoms with Crippen LogP contribution in [0, 0.1) is 6.92 Å². The molecule has 0 fully saturated rings. The molecule has 0 aliphatic heterocycles. The zero-order valence-electron chi connectivity index (χ0n) is 11.5. The first kappa shape index (κ1) is 15.4. The normalized spacial score (nSPS) is 14.0. The molecular weight excluding hydrogens is 264 g/mol. The molecular formula is C14H18O4S. The summed E-state index contributed by atoms with van der Waals surface area (Å²) in [5.74, 6) is -0.522. The molecule has 0 aromatic heterocycles. The number of esters is 1. The van der Waals surface area contributed by atoms with Crippen LogP contribution in [0.15, 0.2) is 40.8 Å². The van der Waals surface area contributed by atoms with Gasteiger partial charge in [-0.1, -0.05) is 23.8 Å². The molecule has 1 atom stereocenters. The molecule has 1 aromatic rings. The first-order valence-corrected chi connectivity index (χ1v) is 7.41. The summed E-state index contributed by atoms with van der Waals surface area (Å²) in [5, 5.41) is -0.783. The minimum absolute atomic E-state index is 0.250. The van der Waals surface area contributed by atoms with Crippen LogP contribution in [0.3, 0.4) is 0 Å². The van der Waals surface area contributed by atoms with E-state index < -0.39 is 21.1 Å². The Balaban J connectivity index is 3.07. The van der Waals surface area contributed by atoms with E-state index in [0.29, 0.717) is 0 Å². The lowest BCUT2D eigenvalue weighted by Gasteiger charge is -2.10. The third-order valence-electron chi connectivity index (χ3n) is 2.83. The Kier molecular flexibility index (Phi) is 4.89. The van der Waals surface area contributed by atoms with Gasteiger partial charge in [-0.15, -0.1) is 0 Å². The Hall–Kier alpha value is -1.62. The summed E-state index contributed by atoms with van der Waals surface area (Å²) in [4.78, 5) is 11.5. The van der Waals surface area contributed by atoms with Gasteiger partial charge in [-0.25, -0.2) is 13.2 Å². The van der Waals surface area contributed by atoms with Crippen LogP contribution >= 0.6 is 0 Å². The molecule has 0 amide bonds. The number of ether oxygens (including phenoxy) is 1. The Morgan fingerprint density at radius 2 is 1.79 bits per heavy atom. The largest absolute Gasteiger partial charge is 0.466 e. The van der Waals surface area contributed by atoms with Crippen molar-refractivity contribution in [1.29, 1.82) is 0 Å². The van der Waals surface area contributed by atoms with Gasteiger partial charge in [0.2, 0.25) is 0 Å². The van der Waals surface area contributed by atoms with Crippen molar-refractivity contribution in [3.8, 4) is 0 Å². The lowest BCUT2D eigenvalue weighted by molar-refractivity contribution is -0.136. The van der Waals surface area contributed by atoms with Crippen molar-refractivity contribution in [2.45, 2.75) is 30.9 Å². The minimum Gasteiger partial charge on any atom is -0.466 e. The maximum Gasteiger partial charge on any atom is 0.333 e. The fraction of sp³-hybridized carbons (Fsp3) is 0.357. The lowest BCUT2D eigenvalue weighted by atomic mass is 10.2. The molecule has 0 heterocycles. The summed E-state index contributed by atoms with van der Waals surface area (Å²) in [5.41, 5.74) is 1.28. The van der Waals surface area contributed by atoms with Crippen molar-refractivity contribution >= 4 is 15.8 Å². The average molecular weight is 282 g/mol. The van der Waals surface area contributed by atoms with E-state index in [9.17, 15) is 13.2 Å². The quantitative estimate of drug-likeness (QED) is 0.628. The number of hydrogen-bond donors (Lipinski definition) is 0. The van der Waals surface area contributed by atoms with Crippen LogP contribution in [0.5, 0.6) is 0 Å². The minimum atomic E-state index is -3.48. The van der Waals surface area contributed by atoms with E-state index in [4.69, 9.17) is 0 Å². The highest BCUT2D eigenvalue weighted by Crippen LogP contribution is 2.18. The van der Waals surface area contributed by atoms with Crippen molar-refractivity contribution in [3.63, 3.8) is 0 Å². The number of carbonyl (C=O) groups excluding carboxylic acids is 1. The predicted octanol–water partition coefficient (Wildman–Crippen LogP) is 2.28. The van der Waals surface area contributed by atoms with Crippen LogP contribution in [0.25, 0.3) is 0 Å². The molecule has 0 saturated carbocycles. The lowest BCUT2D eigenvalue weighted by Crippen LogP contribution is -2.17. The van der Waals surface area contributed by atoms with Gasteiger partial charge < -0.3 is 4.74 Å². The van der Waals surface area contributed by atoms with Crippen LogP contribution in [-0.4, -0.2) is 26.7 Å². The highest BCUT2D eigenvalue weighted by molar-refractivity contribution is 7.92. The summed E-state index contributed by atoms with van der Waals surface area (Å²) < 4.78 is 29.1. The fourth-order valence-corrected chi connectivity index (χ4v) is 2.94. The first-order chi connectivity index (χ1) is 8.78. The molecule has 0 radical (unpaired) electrons. The topological polar surface area (TPSA) is 60.4 Å². The molecule has 4 nitrogen and oxygen atoms in total. The molecule has 5 heteroatoms. The van der Waals surface area contributed by atoms with E-state index in [1.807, 2.05) is 6.92 Å². The smallest absolute Gasteiger partial charge is 0.333 e. The van der Waals surface area contributed by atoms with Crippen molar-refractivity contribution in [2.75, 3.05) is 7.11 Å². The first-order valence-electron chi connectivity index (χ1n) is 5.86. The van der Waals surface area contributed by atoms with E-state index in [1.54, 1.807) is 31.2 Å². The van der Waals surface area contributed by atoms with Gasteiger partial charge >= 0.3 is 5.97 Å². The molecule has 0 aliphatic rings. The van der Waals surface area contributed by atoms with Crippen LogP contribution in [-0.2, 0) is 19.4 Å². The van der Waals surface area contributed by atoms with Crippen molar-refractivity contribution in [2.24, 2.45) is 0 Å². The second-order valence-corrected chi connectivity index (χ2v) is 6.71. The molecule has 104 valence electrons. The third-order valence-corrected chi connectivity index (χ3v) is 4.88. The van der Waals surface area contributed by atoms with Crippen molar-refractivity contribution < 1.29 is 17.9 Å². The van der Waals surface area contributed by atoms with E-state index in [2.05, 4.69) is 4.74 Å². The molecule has 1 aromatic carbocycles. The average Bonchev–Trinajstić information content (AvgIpc) is 2.38. The van der Waals surface area contributed by atoms with E-state index in [-0.39, 0.29) is 10.5 Å². The van der Waals surface area contributed by atoms with Gasteiger partial charge in [0.1, 0.15) is 0 Å². The van der Waals surface area contributed by atoms with Crippen LogP contribution in [0.1, 0.15) is 19.4 Å². The van der Waals surface area contributed by atoms with Gasteiger partial charge in [-0.3, -0.25) is 0 Å². The van der Waals surface area contributed by atoms with E-state index >= 15 is 0 Å². The zero-order chi connectivity index (χ0) is 14.6. The molecule has 0 N–H and O–H groups in total. The summed E-state index contributed by atoms with van der Waals surface area (Å²) >= 11 is 0. The molecule has 1 rings (SSSR count). The van der Waals surface area contributed by atoms with Crippen LogP contribution in [0.2, 0.25) is 0 Å². The number of carbonyl (C=O) groups is 1. The Morgan fingerprint density at radius 3 is 2.26 bits per heavy atom. The van der Waals surface area contributed by atoms with E-state index in [0.717, 1.165) is 5.56 Å². The number of aryl methyl sites for hydroxylation is 1. The second kappa shape index (κ2) is 6.02. The van der Waals surface area contributed by atoms with Crippen LogP contribution < -0.4 is 0 Å². The van der Waals surface area contributed by atoms with Gasteiger partial charge in [0.15, 0.2) is 9.84 Å². The molecule has 0 bridgehead atoms. The van der Waals surface area contributed by atoms with E-state index in [1.165, 1.54) is 20.1 Å². The third kappa shape index (κ3) is 3.67. The Bertz CT molecular complexity index is 582. The van der Waals surface area contributed by atoms with Gasteiger partial charge in [-0.2, -0.15) is 0 Å². The number of hydrogen-bond acceptors (Lipinski definition) is 4.